The van der Waals surface area contributed by atoms with Gasteiger partial charge in [-0.15, -0.1) is 0 Å². The van der Waals surface area contributed by atoms with E-state index in [4.69, 9.17) is 17.6 Å². The second-order valence-electron chi connectivity index (χ2n) is 1.97. The maximum Gasteiger partial charge on any atom is 0.226 e. The molecule has 0 aromatic heterocycles. The highest BCUT2D eigenvalue weighted by atomic mass is 14.7. The molecule has 0 amide bonds. The van der Waals surface area contributed by atoms with Gasteiger partial charge in [-0.1, -0.05) is 18.2 Å². The summed E-state index contributed by atoms with van der Waals surface area (Å²) in [7, 11) is 0. The lowest BCUT2D eigenvalue weighted by molar-refractivity contribution is 1.49. The van der Waals surface area contributed by atoms with Crippen LogP contribution in [0.15, 0.2) is 18.2 Å². The summed E-state index contributed by atoms with van der Waals surface area (Å²) in [5, 5.41) is 8.53. The van der Waals surface area contributed by atoms with Crippen molar-refractivity contribution in [3.63, 3.8) is 0 Å². The van der Waals surface area contributed by atoms with E-state index in [0.717, 1.165) is 0 Å². The molecular formula is C8H5N3. The van der Waals surface area contributed by atoms with Gasteiger partial charge in [0.1, 0.15) is 0 Å². The first-order valence-corrected chi connectivity index (χ1v) is 2.95. The van der Waals surface area contributed by atoms with Crippen LogP contribution in [0, 0.1) is 17.9 Å². The minimum Gasteiger partial charge on any atom is -0.407 e. The quantitative estimate of drug-likeness (QED) is 0.443. The third-order valence-electron chi connectivity index (χ3n) is 1.30. The van der Waals surface area contributed by atoms with Gasteiger partial charge in [-0.05, 0) is 0 Å². The summed E-state index contributed by atoms with van der Waals surface area (Å²) in [6, 6.07) is 6.73. The highest BCUT2D eigenvalue weighted by Crippen LogP contribution is 2.25. The zero-order valence-corrected chi connectivity index (χ0v) is 5.70. The summed E-state index contributed by atoms with van der Waals surface area (Å²) in [6.07, 6.45) is 0. The summed E-state index contributed by atoms with van der Waals surface area (Å²) < 4.78 is 0. The molecule has 0 radical (unpaired) electrons. The molecule has 0 saturated heterocycles. The lowest BCUT2D eigenvalue weighted by atomic mass is 10.2. The number of nitrogens with zero attached hydrogens (tertiary/aromatic N) is 2. The first-order valence-electron chi connectivity index (χ1n) is 2.95. The van der Waals surface area contributed by atoms with E-state index in [1.54, 1.807) is 18.2 Å². The van der Waals surface area contributed by atoms with Gasteiger partial charge in [-0.2, -0.15) is 5.26 Å². The van der Waals surface area contributed by atoms with Gasteiger partial charge in [0, 0.05) is 5.69 Å². The van der Waals surface area contributed by atoms with E-state index >= 15 is 0 Å². The first kappa shape index (κ1) is 7.11. The minimum absolute atomic E-state index is 0.245. The van der Waals surface area contributed by atoms with Gasteiger partial charge in [0.2, 0.25) is 5.69 Å². The monoisotopic (exact) mass is 143 g/mol. The van der Waals surface area contributed by atoms with Crippen molar-refractivity contribution in [2.75, 3.05) is 5.73 Å². The predicted octanol–water partition coefficient (Wildman–Crippen LogP) is 1.69. The number of para-hydroxylation sites is 1. The molecule has 3 heteroatoms. The molecule has 0 aliphatic carbocycles. The molecule has 0 aliphatic rings. The number of rotatable bonds is 0. The average molecular weight is 143 g/mol. The third kappa shape index (κ3) is 1.12. The van der Waals surface area contributed by atoms with E-state index in [1.807, 2.05) is 6.07 Å². The molecule has 1 aromatic carbocycles. The Morgan fingerprint density at radius 3 is 2.73 bits per heavy atom. The van der Waals surface area contributed by atoms with Crippen molar-refractivity contribution in [3.05, 3.63) is 35.2 Å². The second kappa shape index (κ2) is 2.72. The Labute approximate surface area is 64.5 Å². The summed E-state index contributed by atoms with van der Waals surface area (Å²) in [5.41, 5.74) is 6.38. The van der Waals surface area contributed by atoms with Crippen LogP contribution in [0.2, 0.25) is 0 Å². The Morgan fingerprint density at radius 2 is 2.27 bits per heavy atom. The molecule has 0 spiro atoms. The van der Waals surface area contributed by atoms with Crippen LogP contribution in [0.25, 0.3) is 4.85 Å². The smallest absolute Gasteiger partial charge is 0.226 e. The highest BCUT2D eigenvalue weighted by Gasteiger charge is 2.03. The van der Waals surface area contributed by atoms with Gasteiger partial charge in [0.25, 0.3) is 0 Å². The van der Waals surface area contributed by atoms with E-state index in [1.165, 1.54) is 0 Å². The predicted molar refractivity (Wildman–Crippen MR) is 41.8 cm³/mol. The molecule has 0 unspecified atom stereocenters. The van der Waals surface area contributed by atoms with Gasteiger partial charge in [0.15, 0.2) is 0 Å². The van der Waals surface area contributed by atoms with Crippen LogP contribution in [-0.4, -0.2) is 0 Å². The largest absolute Gasteiger partial charge is 0.407 e. The number of nitrogen functional groups attached to an aromatic ring is 1. The second-order valence-corrected chi connectivity index (χ2v) is 1.97. The summed E-state index contributed by atoms with van der Waals surface area (Å²) in [4.78, 5) is 3.14. The fourth-order valence-corrected chi connectivity index (χ4v) is 0.776. The molecule has 3 nitrogen and oxygen atoms in total. The van der Waals surface area contributed by atoms with Crippen molar-refractivity contribution in [1.29, 1.82) is 5.26 Å². The summed E-state index contributed by atoms with van der Waals surface area (Å²) in [5.74, 6) is 0. The topological polar surface area (TPSA) is 54.2 Å². The Morgan fingerprint density at radius 1 is 1.55 bits per heavy atom. The van der Waals surface area contributed by atoms with Crippen LogP contribution in [0.1, 0.15) is 5.56 Å². The van der Waals surface area contributed by atoms with Gasteiger partial charge in [-0.3, -0.25) is 0 Å². The van der Waals surface area contributed by atoms with E-state index in [0.29, 0.717) is 11.3 Å². The molecular weight excluding hydrogens is 138 g/mol. The number of benzene rings is 1. The molecule has 0 aliphatic heterocycles. The van der Waals surface area contributed by atoms with Crippen molar-refractivity contribution in [3.8, 4) is 6.07 Å². The van der Waals surface area contributed by atoms with Crippen molar-refractivity contribution in [2.24, 2.45) is 0 Å². The van der Waals surface area contributed by atoms with Crippen molar-refractivity contribution >= 4 is 11.4 Å². The molecule has 0 saturated carbocycles. The molecule has 0 heterocycles. The van der Waals surface area contributed by atoms with Gasteiger partial charge in [0.05, 0.1) is 18.2 Å². The number of hydrogen-bond acceptors (Lipinski definition) is 2. The number of nitrogens with two attached hydrogens (primary N) is 1. The highest BCUT2D eigenvalue weighted by molar-refractivity contribution is 5.73. The van der Waals surface area contributed by atoms with Crippen molar-refractivity contribution in [1.82, 2.24) is 0 Å². The average Bonchev–Trinajstić information content (AvgIpc) is 2.04. The van der Waals surface area contributed by atoms with Gasteiger partial charge >= 0.3 is 0 Å². The zero-order chi connectivity index (χ0) is 8.27. The van der Waals surface area contributed by atoms with Crippen LogP contribution in [-0.2, 0) is 0 Å². The number of anilines is 1. The maximum absolute atomic E-state index is 8.53. The van der Waals surface area contributed by atoms with Gasteiger partial charge in [-0.25, -0.2) is 4.85 Å². The molecule has 1 aromatic rings. The molecule has 0 bridgehead atoms. The number of nitriles is 1. The molecule has 2 N–H and O–H groups in total. The van der Waals surface area contributed by atoms with Crippen LogP contribution < -0.4 is 5.73 Å². The van der Waals surface area contributed by atoms with Gasteiger partial charge < -0.3 is 5.73 Å². The van der Waals surface area contributed by atoms with Crippen LogP contribution >= 0.6 is 0 Å². The molecule has 0 fully saturated rings. The molecule has 11 heavy (non-hydrogen) atoms. The molecule has 1 rings (SSSR count). The molecule has 52 valence electrons. The van der Waals surface area contributed by atoms with Crippen molar-refractivity contribution < 1.29 is 0 Å². The Bertz CT molecular complexity index is 355. The lowest BCUT2D eigenvalue weighted by Crippen LogP contribution is -1.85. The zero-order valence-electron chi connectivity index (χ0n) is 5.70. The first-order chi connectivity index (χ1) is 5.29. The normalized spacial score (nSPS) is 8.18. The summed E-state index contributed by atoms with van der Waals surface area (Å²) >= 11 is 0. The van der Waals surface area contributed by atoms with Crippen LogP contribution in [0.4, 0.5) is 11.4 Å². The van der Waals surface area contributed by atoms with E-state index in [-0.39, 0.29) is 5.69 Å². The summed E-state index contributed by atoms with van der Waals surface area (Å²) in [6.45, 7) is 6.72. The fourth-order valence-electron chi connectivity index (χ4n) is 0.776. The minimum atomic E-state index is 0.245. The lowest BCUT2D eigenvalue weighted by Gasteiger charge is -1.96. The fraction of sp³-hybridized carbons (Fsp3) is 0. The van der Waals surface area contributed by atoms with E-state index < -0.39 is 0 Å². The van der Waals surface area contributed by atoms with Crippen LogP contribution in [0.3, 0.4) is 0 Å². The van der Waals surface area contributed by atoms with Crippen LogP contribution in [0.5, 0.6) is 0 Å². The molecule has 0 atom stereocenters. The van der Waals surface area contributed by atoms with E-state index in [2.05, 4.69) is 4.85 Å². The SMILES string of the molecule is [C-]#[N+]c1c(N)cccc1C#N. The Hall–Kier alpha value is -2.00. The van der Waals surface area contributed by atoms with Crippen molar-refractivity contribution in [2.45, 2.75) is 0 Å². The third-order valence-corrected chi connectivity index (χ3v) is 1.30. The van der Waals surface area contributed by atoms with E-state index in [9.17, 15) is 0 Å². The Kier molecular flexibility index (Phi) is 1.76. The number of hydrogen-bond donors (Lipinski definition) is 1. The standard InChI is InChI=1S/C8H5N3/c1-11-8-6(5-9)3-2-4-7(8)10/h2-4H,10H2. The maximum atomic E-state index is 8.53. The Balaban J connectivity index is 3.42.